The Morgan fingerprint density at radius 3 is 2.67 bits per heavy atom. The molecule has 1 aromatic rings. The SMILES string of the molecule is COc1ccc(/C=N\OCC(=O)NNC(=S)NC2CCCC2)cc1. The number of nitrogens with one attached hydrogen (secondary N) is 3. The van der Waals surface area contributed by atoms with E-state index in [2.05, 4.69) is 21.3 Å². The summed E-state index contributed by atoms with van der Waals surface area (Å²) in [5.41, 5.74) is 5.96. The van der Waals surface area contributed by atoms with E-state index >= 15 is 0 Å². The monoisotopic (exact) mass is 350 g/mol. The van der Waals surface area contributed by atoms with E-state index in [1.54, 1.807) is 7.11 Å². The van der Waals surface area contributed by atoms with Crippen LogP contribution in [0.4, 0.5) is 0 Å². The Bertz CT molecular complexity index is 571. The van der Waals surface area contributed by atoms with Gasteiger partial charge < -0.3 is 14.9 Å². The minimum absolute atomic E-state index is 0.203. The summed E-state index contributed by atoms with van der Waals surface area (Å²) in [7, 11) is 1.60. The second-order valence-electron chi connectivity index (χ2n) is 5.41. The molecule has 0 heterocycles. The first-order chi connectivity index (χ1) is 11.7. The first-order valence-corrected chi connectivity index (χ1v) is 8.23. The molecular weight excluding hydrogens is 328 g/mol. The number of carbonyl (C=O) groups excluding carboxylic acids is 1. The molecule has 2 rings (SSSR count). The highest BCUT2D eigenvalue weighted by molar-refractivity contribution is 7.80. The largest absolute Gasteiger partial charge is 0.497 e. The van der Waals surface area contributed by atoms with Crippen molar-refractivity contribution in [3.63, 3.8) is 0 Å². The summed E-state index contributed by atoms with van der Waals surface area (Å²) in [6, 6.07) is 7.69. The molecule has 0 bridgehead atoms. The van der Waals surface area contributed by atoms with Crippen molar-refractivity contribution in [2.75, 3.05) is 13.7 Å². The Labute approximate surface area is 146 Å². The zero-order valence-corrected chi connectivity index (χ0v) is 14.4. The van der Waals surface area contributed by atoms with Gasteiger partial charge in [0.15, 0.2) is 11.7 Å². The second kappa shape index (κ2) is 9.71. The van der Waals surface area contributed by atoms with Crippen LogP contribution in [0.3, 0.4) is 0 Å². The van der Waals surface area contributed by atoms with Gasteiger partial charge in [0.2, 0.25) is 0 Å². The van der Waals surface area contributed by atoms with Crippen LogP contribution in [0.15, 0.2) is 29.4 Å². The first kappa shape index (κ1) is 18.0. The third-order valence-corrected chi connectivity index (χ3v) is 3.81. The van der Waals surface area contributed by atoms with Gasteiger partial charge in [-0.05, 0) is 54.9 Å². The number of oxime groups is 1. The number of nitrogens with zero attached hydrogens (tertiary/aromatic N) is 1. The van der Waals surface area contributed by atoms with Gasteiger partial charge in [0.25, 0.3) is 5.91 Å². The Balaban J connectivity index is 1.60. The average molecular weight is 350 g/mol. The molecule has 1 aromatic carbocycles. The zero-order valence-electron chi connectivity index (χ0n) is 13.6. The number of methoxy groups -OCH3 is 1. The molecule has 0 spiro atoms. The number of ether oxygens (including phenoxy) is 1. The molecule has 8 heteroatoms. The highest BCUT2D eigenvalue weighted by Gasteiger charge is 2.15. The molecular formula is C16H22N4O3S. The fraction of sp³-hybridized carbons (Fsp3) is 0.438. The lowest BCUT2D eigenvalue weighted by atomic mass is 10.2. The Morgan fingerprint density at radius 1 is 1.29 bits per heavy atom. The topological polar surface area (TPSA) is 84.0 Å². The van der Waals surface area contributed by atoms with Crippen molar-refractivity contribution in [1.82, 2.24) is 16.2 Å². The highest BCUT2D eigenvalue weighted by Crippen LogP contribution is 2.17. The molecule has 7 nitrogen and oxygen atoms in total. The van der Waals surface area contributed by atoms with E-state index < -0.39 is 0 Å². The minimum atomic E-state index is -0.363. The van der Waals surface area contributed by atoms with Gasteiger partial charge in [-0.2, -0.15) is 0 Å². The highest BCUT2D eigenvalue weighted by atomic mass is 32.1. The maximum atomic E-state index is 11.6. The number of amides is 1. The molecule has 130 valence electrons. The van der Waals surface area contributed by atoms with Crippen molar-refractivity contribution >= 4 is 29.5 Å². The minimum Gasteiger partial charge on any atom is -0.497 e. The van der Waals surface area contributed by atoms with Crippen LogP contribution >= 0.6 is 12.2 Å². The van der Waals surface area contributed by atoms with Crippen molar-refractivity contribution < 1.29 is 14.4 Å². The van der Waals surface area contributed by atoms with Crippen LogP contribution in [0.5, 0.6) is 5.75 Å². The molecule has 0 aliphatic heterocycles. The van der Waals surface area contributed by atoms with Crippen LogP contribution in [0.1, 0.15) is 31.2 Å². The number of hydrogen-bond donors (Lipinski definition) is 3. The van der Waals surface area contributed by atoms with Crippen LogP contribution in [0.2, 0.25) is 0 Å². The van der Waals surface area contributed by atoms with Crippen LogP contribution in [-0.2, 0) is 9.63 Å². The maximum Gasteiger partial charge on any atom is 0.279 e. The van der Waals surface area contributed by atoms with Gasteiger partial charge in [0, 0.05) is 6.04 Å². The van der Waals surface area contributed by atoms with E-state index in [9.17, 15) is 4.79 Å². The molecule has 1 saturated carbocycles. The van der Waals surface area contributed by atoms with Crippen molar-refractivity contribution in [1.29, 1.82) is 0 Å². The predicted octanol–water partition coefficient (Wildman–Crippen LogP) is 1.48. The summed E-state index contributed by atoms with van der Waals surface area (Å²) >= 11 is 5.11. The number of thiocarbonyl (C=S) groups is 1. The fourth-order valence-electron chi connectivity index (χ4n) is 2.34. The third kappa shape index (κ3) is 6.41. The third-order valence-electron chi connectivity index (χ3n) is 3.59. The maximum absolute atomic E-state index is 11.6. The van der Waals surface area contributed by atoms with Crippen molar-refractivity contribution in [3.05, 3.63) is 29.8 Å². The van der Waals surface area contributed by atoms with Gasteiger partial charge >= 0.3 is 0 Å². The summed E-state index contributed by atoms with van der Waals surface area (Å²) in [6.45, 7) is -0.203. The Hall–Kier alpha value is -2.35. The fourth-order valence-corrected chi connectivity index (χ4v) is 2.56. The van der Waals surface area contributed by atoms with E-state index in [4.69, 9.17) is 21.8 Å². The lowest BCUT2D eigenvalue weighted by Gasteiger charge is -2.15. The number of hydrazine groups is 1. The van der Waals surface area contributed by atoms with E-state index in [-0.39, 0.29) is 12.5 Å². The Kier molecular flexibility index (Phi) is 7.28. The van der Waals surface area contributed by atoms with Crippen LogP contribution in [-0.4, -0.2) is 37.0 Å². The average Bonchev–Trinajstić information content (AvgIpc) is 3.10. The van der Waals surface area contributed by atoms with Crippen molar-refractivity contribution in [2.24, 2.45) is 5.16 Å². The van der Waals surface area contributed by atoms with Crippen molar-refractivity contribution in [3.8, 4) is 5.75 Å². The Morgan fingerprint density at radius 2 is 2.00 bits per heavy atom. The molecule has 1 fully saturated rings. The van der Waals surface area contributed by atoms with E-state index in [0.29, 0.717) is 11.2 Å². The molecule has 0 saturated heterocycles. The first-order valence-electron chi connectivity index (χ1n) is 7.82. The molecule has 1 aliphatic carbocycles. The number of carbonyl (C=O) groups is 1. The van der Waals surface area contributed by atoms with Gasteiger partial charge in [-0.15, -0.1) is 0 Å². The smallest absolute Gasteiger partial charge is 0.279 e. The van der Waals surface area contributed by atoms with E-state index in [1.807, 2.05) is 24.3 Å². The van der Waals surface area contributed by atoms with E-state index in [1.165, 1.54) is 19.1 Å². The molecule has 24 heavy (non-hydrogen) atoms. The number of hydrogen-bond acceptors (Lipinski definition) is 5. The zero-order chi connectivity index (χ0) is 17.2. The summed E-state index contributed by atoms with van der Waals surface area (Å²) in [5, 5.41) is 7.32. The van der Waals surface area contributed by atoms with Crippen LogP contribution in [0.25, 0.3) is 0 Å². The summed E-state index contributed by atoms with van der Waals surface area (Å²) in [5.74, 6) is 0.401. The molecule has 1 aliphatic rings. The van der Waals surface area contributed by atoms with Crippen LogP contribution in [0, 0.1) is 0 Å². The van der Waals surface area contributed by atoms with Crippen molar-refractivity contribution in [2.45, 2.75) is 31.7 Å². The van der Waals surface area contributed by atoms with E-state index in [0.717, 1.165) is 24.2 Å². The van der Waals surface area contributed by atoms with Gasteiger partial charge in [-0.3, -0.25) is 15.6 Å². The van der Waals surface area contributed by atoms with Gasteiger partial charge in [0.1, 0.15) is 5.75 Å². The summed E-state index contributed by atoms with van der Waals surface area (Å²) in [4.78, 5) is 16.5. The number of benzene rings is 1. The lowest BCUT2D eigenvalue weighted by molar-refractivity contribution is -0.126. The number of rotatable bonds is 6. The van der Waals surface area contributed by atoms with Gasteiger partial charge in [-0.25, -0.2) is 0 Å². The predicted molar refractivity (Wildman–Crippen MR) is 95.8 cm³/mol. The molecule has 3 N–H and O–H groups in total. The summed E-state index contributed by atoms with van der Waals surface area (Å²) in [6.07, 6.45) is 6.17. The summed E-state index contributed by atoms with van der Waals surface area (Å²) < 4.78 is 5.06. The second-order valence-corrected chi connectivity index (χ2v) is 5.82. The molecule has 0 unspecified atom stereocenters. The van der Waals surface area contributed by atoms with Crippen LogP contribution < -0.4 is 20.9 Å². The molecule has 0 atom stereocenters. The standard InChI is InChI=1S/C16H22N4O3S/c1-22-14-8-6-12(7-9-14)10-17-23-11-15(21)19-20-16(24)18-13-4-2-3-5-13/h6-10,13H,2-5,11H2,1H3,(H,19,21)(H2,18,20,24)/b17-10-. The lowest BCUT2D eigenvalue weighted by Crippen LogP contribution is -2.49. The van der Waals surface area contributed by atoms with Gasteiger partial charge in [-0.1, -0.05) is 18.0 Å². The van der Waals surface area contributed by atoms with Gasteiger partial charge in [0.05, 0.1) is 13.3 Å². The molecule has 1 amide bonds. The quantitative estimate of drug-likeness (QED) is 0.409. The molecule has 0 aromatic heterocycles. The normalized spacial score (nSPS) is 14.4. The molecule has 0 radical (unpaired) electrons.